The van der Waals surface area contributed by atoms with Gasteiger partial charge in [-0.05, 0) is 17.7 Å². The molecule has 0 saturated heterocycles. The highest BCUT2D eigenvalue weighted by molar-refractivity contribution is 7.15. The molecule has 5 aromatic rings. The number of hydrogen-bond donors (Lipinski definition) is 2. The van der Waals surface area contributed by atoms with Gasteiger partial charge in [0.1, 0.15) is 34.5 Å². The van der Waals surface area contributed by atoms with Crippen molar-refractivity contribution < 1.29 is 28.9 Å². The predicted molar refractivity (Wildman–Crippen MR) is 123 cm³/mol. The van der Waals surface area contributed by atoms with E-state index < -0.39 is 17.3 Å². The smallest absolute Gasteiger partial charge is 0.306 e. The first kappa shape index (κ1) is 20.3. The lowest BCUT2D eigenvalue weighted by Crippen LogP contribution is -2.18. The number of carbonyl (C=O) groups excluding carboxylic acids is 1. The van der Waals surface area contributed by atoms with Gasteiger partial charge < -0.3 is 24.1 Å². The molecular formula is C24H16N2O7S. The van der Waals surface area contributed by atoms with E-state index in [1.165, 1.54) is 42.9 Å². The van der Waals surface area contributed by atoms with Crippen LogP contribution in [0.2, 0.25) is 0 Å². The Bertz CT molecular complexity index is 1660. The Morgan fingerprint density at radius 2 is 2.06 bits per heavy atom. The van der Waals surface area contributed by atoms with Crippen molar-refractivity contribution in [1.29, 1.82) is 0 Å². The Morgan fingerprint density at radius 3 is 2.82 bits per heavy atom. The summed E-state index contributed by atoms with van der Waals surface area (Å²) < 4.78 is 18.7. The van der Waals surface area contributed by atoms with Crippen LogP contribution < -0.4 is 10.2 Å². The maximum Gasteiger partial charge on any atom is 0.306 e. The van der Waals surface area contributed by atoms with Crippen LogP contribution in [0.3, 0.4) is 0 Å². The van der Waals surface area contributed by atoms with Crippen LogP contribution in [-0.4, -0.2) is 32.7 Å². The summed E-state index contributed by atoms with van der Waals surface area (Å²) in [7, 11) is 1.30. The number of phenolic OH excluding ortho intramolecular Hbond substituents is 2. The second kappa shape index (κ2) is 7.35. The summed E-state index contributed by atoms with van der Waals surface area (Å²) >= 11 is 1.41. The molecule has 1 aliphatic rings. The van der Waals surface area contributed by atoms with Gasteiger partial charge in [0.25, 0.3) is 0 Å². The Labute approximate surface area is 195 Å². The van der Waals surface area contributed by atoms with Crippen LogP contribution in [0, 0.1) is 0 Å². The molecule has 0 aliphatic carbocycles. The van der Waals surface area contributed by atoms with Crippen LogP contribution in [-0.2, 0) is 9.53 Å². The number of hydrogen-bond acceptors (Lipinski definition) is 9. The maximum atomic E-state index is 13.4. The number of phenols is 2. The van der Waals surface area contributed by atoms with Crippen molar-refractivity contribution in [2.24, 2.45) is 0 Å². The number of rotatable bonds is 3. The number of thiazole rings is 1. The molecule has 2 N–H and O–H groups in total. The molecule has 0 saturated carbocycles. The van der Waals surface area contributed by atoms with Crippen molar-refractivity contribution in [3.63, 3.8) is 0 Å². The van der Waals surface area contributed by atoms with Crippen LogP contribution in [0.25, 0.3) is 27.1 Å². The second-order valence-electron chi connectivity index (χ2n) is 7.83. The summed E-state index contributed by atoms with van der Waals surface area (Å²) in [5, 5.41) is 22.2. The summed E-state index contributed by atoms with van der Waals surface area (Å²) in [6.07, 6.45) is 3.08. The zero-order valence-corrected chi connectivity index (χ0v) is 18.5. The molecule has 4 heterocycles. The molecule has 34 heavy (non-hydrogen) atoms. The summed E-state index contributed by atoms with van der Waals surface area (Å²) in [6, 6.07) is 7.42. The molecule has 10 heteroatoms. The lowest BCUT2D eigenvalue weighted by Gasteiger charge is -2.25. The van der Waals surface area contributed by atoms with Crippen LogP contribution in [0.15, 0.2) is 57.4 Å². The lowest BCUT2D eigenvalue weighted by atomic mass is 9.88. The number of imidazole rings is 1. The number of aromatic hydroxyl groups is 2. The Hall–Kier alpha value is -4.31. The first-order valence-corrected chi connectivity index (χ1v) is 11.1. The zero-order chi connectivity index (χ0) is 23.6. The van der Waals surface area contributed by atoms with Crippen molar-refractivity contribution in [2.45, 2.75) is 12.3 Å². The van der Waals surface area contributed by atoms with Crippen molar-refractivity contribution in [2.75, 3.05) is 7.11 Å². The van der Waals surface area contributed by atoms with Gasteiger partial charge in [0.05, 0.1) is 24.8 Å². The number of benzene rings is 2. The summed E-state index contributed by atoms with van der Waals surface area (Å²) in [4.78, 5) is 31.0. The predicted octanol–water partition coefficient (Wildman–Crippen LogP) is 4.38. The van der Waals surface area contributed by atoms with Crippen LogP contribution >= 0.6 is 11.3 Å². The van der Waals surface area contributed by atoms with Crippen molar-refractivity contribution >= 4 is 33.2 Å². The van der Waals surface area contributed by atoms with E-state index in [-0.39, 0.29) is 40.2 Å². The standard InChI is InChI=1S/C24H16N2O7S/c1-31-17(29)8-13-18-16(33-23-20(13)26-6-7-34-24(26)25-23)9-15(28)19-21(30)14(10-32-22(18)19)11-2-4-12(27)5-3-11/h2-7,9-10,13,27-28H,8H2,1H3. The third-order valence-corrected chi connectivity index (χ3v) is 6.71. The van der Waals surface area contributed by atoms with Gasteiger partial charge in [-0.15, -0.1) is 11.3 Å². The normalized spacial score (nSPS) is 14.6. The second-order valence-corrected chi connectivity index (χ2v) is 8.70. The van der Waals surface area contributed by atoms with Gasteiger partial charge in [-0.3, -0.25) is 14.0 Å². The highest BCUT2D eigenvalue weighted by atomic mass is 32.1. The summed E-state index contributed by atoms with van der Waals surface area (Å²) in [6.45, 7) is 0. The molecule has 0 fully saturated rings. The van der Waals surface area contributed by atoms with Crippen LogP contribution in [0.5, 0.6) is 23.1 Å². The molecule has 2 aromatic carbocycles. The Kier molecular flexibility index (Phi) is 4.39. The minimum absolute atomic E-state index is 0.0303. The van der Waals surface area contributed by atoms with Gasteiger partial charge in [0, 0.05) is 29.1 Å². The quantitative estimate of drug-likeness (QED) is 0.368. The number of fused-ring (bicyclic) bond motifs is 6. The highest BCUT2D eigenvalue weighted by Crippen LogP contribution is 2.50. The van der Waals surface area contributed by atoms with Gasteiger partial charge in [0.15, 0.2) is 4.96 Å². The number of methoxy groups -OCH3 is 1. The Balaban J connectivity index is 1.63. The van der Waals surface area contributed by atoms with E-state index in [1.807, 2.05) is 16.0 Å². The maximum absolute atomic E-state index is 13.4. The summed E-state index contributed by atoms with van der Waals surface area (Å²) in [5.74, 6) is -0.748. The van der Waals surface area contributed by atoms with E-state index in [4.69, 9.17) is 13.9 Å². The van der Waals surface area contributed by atoms with Crippen molar-refractivity contribution in [1.82, 2.24) is 9.38 Å². The molecular weight excluding hydrogens is 460 g/mol. The first-order chi connectivity index (χ1) is 16.5. The van der Waals surface area contributed by atoms with Crippen molar-refractivity contribution in [3.8, 4) is 34.3 Å². The number of carbonyl (C=O) groups is 1. The zero-order valence-electron chi connectivity index (χ0n) is 17.6. The summed E-state index contributed by atoms with van der Waals surface area (Å²) in [5.41, 5.74) is 1.48. The van der Waals surface area contributed by atoms with E-state index >= 15 is 0 Å². The van der Waals surface area contributed by atoms with Gasteiger partial charge >= 0.3 is 5.97 Å². The number of ether oxygens (including phenoxy) is 2. The topological polar surface area (TPSA) is 124 Å². The molecule has 1 aliphatic heterocycles. The minimum Gasteiger partial charge on any atom is -0.508 e. The molecule has 0 bridgehead atoms. The number of aromatic nitrogens is 2. The molecule has 1 atom stereocenters. The van der Waals surface area contributed by atoms with Crippen LogP contribution in [0.1, 0.15) is 23.6 Å². The average Bonchev–Trinajstić information content (AvgIpc) is 3.40. The number of esters is 1. The lowest BCUT2D eigenvalue weighted by molar-refractivity contribution is -0.140. The van der Waals surface area contributed by atoms with Gasteiger partial charge in [-0.1, -0.05) is 12.1 Å². The third-order valence-electron chi connectivity index (χ3n) is 5.95. The van der Waals surface area contributed by atoms with E-state index in [2.05, 4.69) is 4.98 Å². The SMILES string of the molecule is COC(=O)CC1c2c(cc(O)c3c(=O)c(-c4ccc(O)cc4)coc23)Oc2nc3sccn3c21. The molecule has 170 valence electrons. The molecule has 0 spiro atoms. The molecule has 1 unspecified atom stereocenters. The number of nitrogens with zero attached hydrogens (tertiary/aromatic N) is 2. The van der Waals surface area contributed by atoms with Gasteiger partial charge in [-0.2, -0.15) is 4.98 Å². The molecule has 3 aromatic heterocycles. The Morgan fingerprint density at radius 1 is 1.26 bits per heavy atom. The minimum atomic E-state index is -0.596. The molecule has 6 rings (SSSR count). The van der Waals surface area contributed by atoms with Gasteiger partial charge in [0.2, 0.25) is 11.3 Å². The molecule has 9 nitrogen and oxygen atoms in total. The van der Waals surface area contributed by atoms with Crippen molar-refractivity contribution in [3.05, 3.63) is 69.7 Å². The van der Waals surface area contributed by atoms with E-state index in [1.54, 1.807) is 12.1 Å². The fraction of sp³-hybridized carbons (Fsp3) is 0.125. The average molecular weight is 476 g/mol. The first-order valence-electron chi connectivity index (χ1n) is 10.3. The van der Waals surface area contributed by atoms with E-state index in [0.29, 0.717) is 27.7 Å². The molecule has 0 amide bonds. The largest absolute Gasteiger partial charge is 0.508 e. The van der Waals surface area contributed by atoms with E-state index in [0.717, 1.165) is 0 Å². The monoisotopic (exact) mass is 476 g/mol. The third kappa shape index (κ3) is 2.88. The fourth-order valence-corrected chi connectivity index (χ4v) is 5.12. The highest BCUT2D eigenvalue weighted by Gasteiger charge is 2.37. The van der Waals surface area contributed by atoms with Gasteiger partial charge in [-0.25, -0.2) is 0 Å². The van der Waals surface area contributed by atoms with E-state index in [9.17, 15) is 19.8 Å². The molecule has 0 radical (unpaired) electrons. The van der Waals surface area contributed by atoms with Crippen LogP contribution in [0.4, 0.5) is 0 Å². The fourth-order valence-electron chi connectivity index (χ4n) is 4.40.